The molecule has 0 radical (unpaired) electrons. The third-order valence-corrected chi connectivity index (χ3v) is 4.36. The van der Waals surface area contributed by atoms with Crippen molar-refractivity contribution in [3.8, 4) is 5.75 Å². The number of amides is 1. The highest BCUT2D eigenvalue weighted by molar-refractivity contribution is 6.32. The SMILES string of the molecule is Cc1ccc(C(N)C(=O)NC2CCOc3c(Cl)cccc32)cc1. The molecular formula is C18H19ClN2O2. The molecule has 0 fully saturated rings. The van der Waals surface area contributed by atoms with Gasteiger partial charge >= 0.3 is 0 Å². The zero-order chi connectivity index (χ0) is 16.4. The van der Waals surface area contributed by atoms with Gasteiger partial charge in [-0.15, -0.1) is 0 Å². The molecule has 0 bridgehead atoms. The topological polar surface area (TPSA) is 64.4 Å². The molecular weight excluding hydrogens is 312 g/mol. The maximum Gasteiger partial charge on any atom is 0.241 e. The Morgan fingerprint density at radius 3 is 2.78 bits per heavy atom. The summed E-state index contributed by atoms with van der Waals surface area (Å²) in [7, 11) is 0. The van der Waals surface area contributed by atoms with Gasteiger partial charge in [-0.05, 0) is 18.6 Å². The van der Waals surface area contributed by atoms with E-state index >= 15 is 0 Å². The summed E-state index contributed by atoms with van der Waals surface area (Å²) in [6.07, 6.45) is 0.694. The van der Waals surface area contributed by atoms with Gasteiger partial charge in [0.25, 0.3) is 0 Å². The Morgan fingerprint density at radius 2 is 2.04 bits per heavy atom. The average molecular weight is 331 g/mol. The smallest absolute Gasteiger partial charge is 0.241 e. The molecule has 1 aliphatic rings. The Hall–Kier alpha value is -2.04. The van der Waals surface area contributed by atoms with E-state index in [9.17, 15) is 4.79 Å². The first-order valence-electron chi connectivity index (χ1n) is 7.60. The van der Waals surface area contributed by atoms with E-state index in [0.29, 0.717) is 23.8 Å². The van der Waals surface area contributed by atoms with E-state index in [-0.39, 0.29) is 11.9 Å². The number of carbonyl (C=O) groups is 1. The van der Waals surface area contributed by atoms with Gasteiger partial charge in [0, 0.05) is 12.0 Å². The van der Waals surface area contributed by atoms with Gasteiger partial charge in [-0.3, -0.25) is 4.79 Å². The molecule has 1 amide bonds. The van der Waals surface area contributed by atoms with Crippen LogP contribution < -0.4 is 15.8 Å². The van der Waals surface area contributed by atoms with Gasteiger partial charge < -0.3 is 15.8 Å². The summed E-state index contributed by atoms with van der Waals surface area (Å²) < 4.78 is 5.61. The Bertz CT molecular complexity index is 715. The van der Waals surface area contributed by atoms with Crippen LogP contribution in [-0.2, 0) is 4.79 Å². The molecule has 0 aromatic heterocycles. The maximum atomic E-state index is 12.5. The number of hydrogen-bond donors (Lipinski definition) is 2. The van der Waals surface area contributed by atoms with Gasteiger partial charge in [-0.2, -0.15) is 0 Å². The lowest BCUT2D eigenvalue weighted by atomic mass is 9.99. The van der Waals surface area contributed by atoms with E-state index in [1.165, 1.54) is 0 Å². The Balaban J connectivity index is 1.76. The first-order chi connectivity index (χ1) is 11.1. The van der Waals surface area contributed by atoms with Crippen LogP contribution in [0.15, 0.2) is 42.5 Å². The lowest BCUT2D eigenvalue weighted by Gasteiger charge is -2.28. The molecule has 3 rings (SSSR count). The minimum absolute atomic E-state index is 0.138. The standard InChI is InChI=1S/C18H19ClN2O2/c1-11-5-7-12(8-6-11)16(20)18(22)21-15-9-10-23-17-13(15)3-2-4-14(17)19/h2-8,15-16H,9-10,20H2,1H3,(H,21,22). The van der Waals surface area contributed by atoms with Gasteiger partial charge in [-0.1, -0.05) is 53.6 Å². The molecule has 0 aliphatic carbocycles. The molecule has 5 heteroatoms. The highest BCUT2D eigenvalue weighted by Crippen LogP contribution is 2.37. The van der Waals surface area contributed by atoms with Gasteiger partial charge in [0.05, 0.1) is 17.7 Å². The van der Waals surface area contributed by atoms with Crippen molar-refractivity contribution >= 4 is 17.5 Å². The Labute approximate surface area is 140 Å². The molecule has 23 heavy (non-hydrogen) atoms. The highest BCUT2D eigenvalue weighted by Gasteiger charge is 2.26. The summed E-state index contributed by atoms with van der Waals surface area (Å²) >= 11 is 6.15. The summed E-state index contributed by atoms with van der Waals surface area (Å²) in [6, 6.07) is 12.4. The summed E-state index contributed by atoms with van der Waals surface area (Å²) in [5.41, 5.74) is 8.91. The van der Waals surface area contributed by atoms with Gasteiger partial charge in [0.15, 0.2) is 0 Å². The summed E-state index contributed by atoms with van der Waals surface area (Å²) in [4.78, 5) is 12.5. The van der Waals surface area contributed by atoms with Crippen molar-refractivity contribution in [2.75, 3.05) is 6.61 Å². The zero-order valence-corrected chi connectivity index (χ0v) is 13.6. The molecule has 4 nitrogen and oxygen atoms in total. The van der Waals surface area contributed by atoms with E-state index in [4.69, 9.17) is 22.1 Å². The first-order valence-corrected chi connectivity index (χ1v) is 7.98. The Morgan fingerprint density at radius 1 is 1.30 bits per heavy atom. The van der Waals surface area contributed by atoms with Crippen molar-refractivity contribution in [2.45, 2.75) is 25.4 Å². The van der Waals surface area contributed by atoms with Crippen molar-refractivity contribution in [3.63, 3.8) is 0 Å². The van der Waals surface area contributed by atoms with Crippen LogP contribution in [0.2, 0.25) is 5.02 Å². The van der Waals surface area contributed by atoms with Gasteiger partial charge in [0.2, 0.25) is 5.91 Å². The lowest BCUT2D eigenvalue weighted by Crippen LogP contribution is -2.38. The number of halogens is 1. The van der Waals surface area contributed by atoms with E-state index in [1.54, 1.807) is 6.07 Å². The second-order valence-corrected chi connectivity index (χ2v) is 6.15. The zero-order valence-electron chi connectivity index (χ0n) is 12.9. The van der Waals surface area contributed by atoms with E-state index in [1.807, 2.05) is 43.3 Å². The molecule has 1 aliphatic heterocycles. The first kappa shape index (κ1) is 15.8. The molecule has 120 valence electrons. The monoisotopic (exact) mass is 330 g/mol. The number of benzene rings is 2. The number of nitrogens with two attached hydrogens (primary N) is 1. The number of fused-ring (bicyclic) bond motifs is 1. The fourth-order valence-electron chi connectivity index (χ4n) is 2.72. The number of carbonyl (C=O) groups excluding carboxylic acids is 1. The van der Waals surface area contributed by atoms with E-state index in [0.717, 1.165) is 16.7 Å². The second-order valence-electron chi connectivity index (χ2n) is 5.74. The molecule has 0 saturated carbocycles. The third kappa shape index (κ3) is 3.33. The van der Waals surface area contributed by atoms with Gasteiger partial charge in [0.1, 0.15) is 11.8 Å². The van der Waals surface area contributed by atoms with Crippen LogP contribution in [0.4, 0.5) is 0 Å². The second kappa shape index (κ2) is 6.60. The third-order valence-electron chi connectivity index (χ3n) is 4.06. The largest absolute Gasteiger partial charge is 0.492 e. The van der Waals surface area contributed by atoms with Crippen LogP contribution >= 0.6 is 11.6 Å². The minimum Gasteiger partial charge on any atom is -0.492 e. The van der Waals surface area contributed by atoms with Crippen molar-refractivity contribution < 1.29 is 9.53 Å². The molecule has 2 aromatic carbocycles. The van der Waals surface area contributed by atoms with E-state index < -0.39 is 6.04 Å². The van der Waals surface area contributed by atoms with Crippen molar-refractivity contribution in [1.29, 1.82) is 0 Å². The molecule has 2 aromatic rings. The quantitative estimate of drug-likeness (QED) is 0.907. The number of para-hydroxylation sites is 1. The van der Waals surface area contributed by atoms with E-state index in [2.05, 4.69) is 5.32 Å². The maximum absolute atomic E-state index is 12.5. The number of nitrogens with one attached hydrogen (secondary N) is 1. The van der Waals surface area contributed by atoms with Crippen LogP contribution in [0.5, 0.6) is 5.75 Å². The van der Waals surface area contributed by atoms with Crippen LogP contribution in [0, 0.1) is 6.92 Å². The number of rotatable bonds is 3. The molecule has 1 heterocycles. The van der Waals surface area contributed by atoms with Crippen molar-refractivity contribution in [1.82, 2.24) is 5.32 Å². The summed E-state index contributed by atoms with van der Waals surface area (Å²) in [5, 5.41) is 3.57. The molecule has 2 unspecified atom stereocenters. The molecule has 0 saturated heterocycles. The van der Waals surface area contributed by atoms with Crippen molar-refractivity contribution in [3.05, 3.63) is 64.2 Å². The minimum atomic E-state index is -0.693. The van der Waals surface area contributed by atoms with Crippen LogP contribution in [0.25, 0.3) is 0 Å². The molecule has 3 N–H and O–H groups in total. The molecule has 0 spiro atoms. The lowest BCUT2D eigenvalue weighted by molar-refractivity contribution is -0.123. The van der Waals surface area contributed by atoms with Crippen LogP contribution in [-0.4, -0.2) is 12.5 Å². The number of aryl methyl sites for hydroxylation is 1. The number of hydrogen-bond acceptors (Lipinski definition) is 3. The predicted octanol–water partition coefficient (Wildman–Crippen LogP) is 3.29. The average Bonchev–Trinajstić information content (AvgIpc) is 2.56. The van der Waals surface area contributed by atoms with Gasteiger partial charge in [-0.25, -0.2) is 0 Å². The fourth-order valence-corrected chi connectivity index (χ4v) is 2.96. The fraction of sp³-hybridized carbons (Fsp3) is 0.278. The molecule has 2 atom stereocenters. The predicted molar refractivity (Wildman–Crippen MR) is 90.6 cm³/mol. The van der Waals surface area contributed by atoms with Crippen LogP contribution in [0.1, 0.15) is 35.2 Å². The summed E-state index contributed by atoms with van der Waals surface area (Å²) in [6.45, 7) is 2.51. The summed E-state index contributed by atoms with van der Waals surface area (Å²) in [5.74, 6) is 0.446. The normalized spacial score (nSPS) is 17.8. The van der Waals surface area contributed by atoms with Crippen molar-refractivity contribution in [2.24, 2.45) is 5.73 Å². The van der Waals surface area contributed by atoms with Crippen LogP contribution in [0.3, 0.4) is 0 Å². The Kier molecular flexibility index (Phi) is 4.55. The highest BCUT2D eigenvalue weighted by atomic mass is 35.5. The number of ether oxygens (including phenoxy) is 1.